The van der Waals surface area contributed by atoms with Crippen molar-refractivity contribution in [2.45, 2.75) is 305 Å². The Balaban J connectivity index is 0.852. The summed E-state index contributed by atoms with van der Waals surface area (Å²) in [6.45, 7) is 16.1. The summed E-state index contributed by atoms with van der Waals surface area (Å²) >= 11 is 0. The van der Waals surface area contributed by atoms with Crippen molar-refractivity contribution in [3.05, 3.63) is 11.6 Å². The highest BCUT2D eigenvalue weighted by Gasteiger charge is 2.70. The number of hydrogen-bond acceptors (Lipinski definition) is 32. The van der Waals surface area contributed by atoms with Crippen molar-refractivity contribution < 1.29 is 162 Å². The molecule has 6 heterocycles. The summed E-state index contributed by atoms with van der Waals surface area (Å²) in [5.41, 5.74) is -1.96. The number of allylic oxidation sites excluding steroid dienone is 2. The molecule has 6 saturated heterocycles. The van der Waals surface area contributed by atoms with Crippen LogP contribution >= 0.6 is 0 Å². The zero-order valence-electron chi connectivity index (χ0n) is 58.3. The monoisotopic (exact) mass is 1450 g/mol. The molecule has 10 fully saturated rings. The number of aliphatic carboxylic acids is 1. The molecule has 0 amide bonds. The van der Waals surface area contributed by atoms with Crippen LogP contribution in [0.1, 0.15) is 127 Å². The predicted molar refractivity (Wildman–Crippen MR) is 333 cm³/mol. The molecule has 33 heteroatoms. The summed E-state index contributed by atoms with van der Waals surface area (Å²) in [5, 5.41) is 152. The number of hydrogen-bond donors (Lipinski definition) is 14. The van der Waals surface area contributed by atoms with E-state index in [-0.39, 0.29) is 30.1 Å². The molecule has 11 rings (SSSR count). The smallest absolute Gasteiger partial charge is 0.335 e. The molecule has 38 atom stereocenters. The maximum atomic E-state index is 15.6. The van der Waals surface area contributed by atoms with Crippen LogP contribution in [0.25, 0.3) is 0 Å². The summed E-state index contributed by atoms with van der Waals surface area (Å²) in [7, 11) is 0. The number of carboxylic acids is 1. The highest BCUT2D eigenvalue weighted by molar-refractivity contribution is 5.74. The van der Waals surface area contributed by atoms with Gasteiger partial charge in [0.25, 0.3) is 0 Å². The first-order valence-electron chi connectivity index (χ1n) is 35.2. The first kappa shape index (κ1) is 78.4. The van der Waals surface area contributed by atoms with Gasteiger partial charge in [-0.2, -0.15) is 0 Å². The normalized spacial score (nSPS) is 51.9. The van der Waals surface area contributed by atoms with Gasteiger partial charge in [-0.05, 0) is 117 Å². The van der Waals surface area contributed by atoms with E-state index in [9.17, 15) is 90.7 Å². The Labute approximate surface area is 583 Å². The molecule has 0 aromatic carbocycles. The Morgan fingerprint density at radius 1 is 0.554 bits per heavy atom. The maximum absolute atomic E-state index is 15.6. The Kier molecular flexibility index (Phi) is 23.2. The molecule has 0 spiro atoms. The molecule has 5 aliphatic carbocycles. The van der Waals surface area contributed by atoms with Gasteiger partial charge in [0.2, 0.25) is 6.29 Å². The molecule has 33 nitrogen and oxygen atoms in total. The van der Waals surface area contributed by atoms with Crippen LogP contribution in [0.4, 0.5) is 0 Å². The van der Waals surface area contributed by atoms with Crippen LogP contribution in [0.2, 0.25) is 0 Å². The molecule has 574 valence electrons. The molecule has 101 heavy (non-hydrogen) atoms. The average molecular weight is 1450 g/mol. The van der Waals surface area contributed by atoms with Crippen molar-refractivity contribution in [1.29, 1.82) is 0 Å². The summed E-state index contributed by atoms with van der Waals surface area (Å²) < 4.78 is 84.1. The number of carbonyl (C=O) groups is 5. The first-order valence-corrected chi connectivity index (χ1v) is 35.2. The summed E-state index contributed by atoms with van der Waals surface area (Å²) in [5.74, 6) is -5.54. The maximum Gasteiger partial charge on any atom is 0.335 e. The average Bonchev–Trinajstić information content (AvgIpc) is 1.02. The number of aliphatic hydroxyl groups is 13. The van der Waals surface area contributed by atoms with Gasteiger partial charge < -0.3 is 143 Å². The third-order valence-electron chi connectivity index (χ3n) is 25.0. The molecule has 0 bridgehead atoms. The molecule has 6 aliphatic heterocycles. The summed E-state index contributed by atoms with van der Waals surface area (Å²) in [6, 6.07) is 0. The fourth-order valence-electron chi connectivity index (χ4n) is 19.5. The van der Waals surface area contributed by atoms with E-state index < -0.39 is 255 Å². The van der Waals surface area contributed by atoms with E-state index in [4.69, 9.17) is 66.3 Å². The van der Waals surface area contributed by atoms with Crippen LogP contribution in [0.5, 0.6) is 0 Å². The Morgan fingerprint density at radius 3 is 1.79 bits per heavy atom. The minimum Gasteiger partial charge on any atom is -0.479 e. The van der Waals surface area contributed by atoms with Gasteiger partial charge in [-0.3, -0.25) is 14.4 Å². The third-order valence-corrected chi connectivity index (χ3v) is 25.0. The summed E-state index contributed by atoms with van der Waals surface area (Å²) in [4.78, 5) is 66.9. The van der Waals surface area contributed by atoms with Crippen LogP contribution in [0.3, 0.4) is 0 Å². The van der Waals surface area contributed by atoms with Crippen molar-refractivity contribution in [3.63, 3.8) is 0 Å². The fourth-order valence-corrected chi connectivity index (χ4v) is 19.5. The number of esters is 3. The van der Waals surface area contributed by atoms with Crippen LogP contribution in [-0.2, 0) is 90.3 Å². The first-order chi connectivity index (χ1) is 47.3. The minimum atomic E-state index is -2.10. The molecular formula is C68H104O33. The number of ether oxygens (including phenoxy) is 14. The van der Waals surface area contributed by atoms with Gasteiger partial charge in [0, 0.05) is 13.8 Å². The zero-order valence-corrected chi connectivity index (χ0v) is 58.3. The van der Waals surface area contributed by atoms with Crippen LogP contribution in [0.15, 0.2) is 11.6 Å². The van der Waals surface area contributed by atoms with E-state index in [1.165, 1.54) is 19.4 Å². The van der Waals surface area contributed by atoms with Crippen LogP contribution in [-0.4, -0.2) is 300 Å². The van der Waals surface area contributed by atoms with Gasteiger partial charge in [-0.1, -0.05) is 53.2 Å². The second-order valence-electron chi connectivity index (χ2n) is 31.8. The Hall–Kier alpha value is -3.67. The van der Waals surface area contributed by atoms with Crippen molar-refractivity contribution in [3.8, 4) is 0 Å². The predicted octanol–water partition coefficient (Wildman–Crippen LogP) is -2.78. The number of aldehydes is 1. The number of fused-ring (bicyclic) bond motifs is 7. The topological polar surface area (TPSA) is 498 Å². The van der Waals surface area contributed by atoms with Gasteiger partial charge in [0.1, 0.15) is 117 Å². The highest BCUT2D eigenvalue weighted by atomic mass is 16.8. The molecule has 14 N–H and O–H groups in total. The standard InChI is InChI=1S/C68H104O33/c1-25-50(96-58-46(81)39(74)33(73)22-89-58)45(80)49(84)59(90-25)100-55-54(99-60-47(82)41(76)35(94-60)23-88-27(3)71)51(92-28(4)72)26(2)91-63(55)101-57(87)31-20-64(5,6)19-30-29(31)13-17-67(9)32(30)11-12-37-65(7)16-15-38(66(8,24-70)36(65)14-18-68(37,67)10)95-62-53(44(79)43(78)52(97-62)56(85)86)98-61-48(83)42(77)40(75)34(21-69)93-61/h11,24-26,29-31,33-55,58-63,69,73-84H,12-23H2,1-10H3,(H,85,86)/t25?,26-,29?,30?,31?,33+,34-,35-,36?,37?,38+,39+,40+,41-,42+,43?,44+,45+,46-,47+,48-,49-,50+,51+,52+,53-,54+,55-,58+,59+,60+,61+,62-,63+,65+,66+,67-,68-/m1/s1. The molecule has 0 aromatic rings. The number of carboxylic acid groups (broad SMARTS) is 1. The van der Waals surface area contributed by atoms with E-state index in [2.05, 4.69) is 40.7 Å². The van der Waals surface area contributed by atoms with Crippen molar-refractivity contribution in [2.75, 3.05) is 19.8 Å². The third kappa shape index (κ3) is 14.2. The highest BCUT2D eigenvalue weighted by Crippen LogP contribution is 2.75. The SMILES string of the molecule is CC(=O)OC[C@H]1O[C@@H](O[C@H]2[C@@H](OC(C)=O)[C@@H](C)O[C@@H](OC(=O)C3CC(C)(C)CC4C5=CCC6[C@@]7(C)CC[C@H](O[C@@H]8O[C@H](C(=O)O)C(O)[C@H](O)[C@H]8O[C@@H]8O[C@H](CO)[C@H](O)[C@H](O)[C@H]8O)[C@@](C)(C=O)C7CC[C@@]6(C)[C@]5(C)CCC34)[C@@H]2O[C@@H]2OC(C)[C@H](O[C@@H]3OC[C@H](O)[C@H](O)[C@H]3O)[C@@H](O)[C@H]2O)[C@@H](O)[C@@H]1O. The van der Waals surface area contributed by atoms with Gasteiger partial charge in [0.15, 0.2) is 49.8 Å². The van der Waals surface area contributed by atoms with Gasteiger partial charge in [-0.25, -0.2) is 4.79 Å². The minimum absolute atomic E-state index is 0.0256. The van der Waals surface area contributed by atoms with Crippen molar-refractivity contribution >= 4 is 30.2 Å². The zero-order chi connectivity index (χ0) is 73.8. The van der Waals surface area contributed by atoms with Crippen LogP contribution < -0.4 is 0 Å². The number of rotatable bonds is 18. The van der Waals surface area contributed by atoms with Gasteiger partial charge in [-0.15, -0.1) is 0 Å². The summed E-state index contributed by atoms with van der Waals surface area (Å²) in [6.07, 6.45) is -41.5. The van der Waals surface area contributed by atoms with E-state index in [0.717, 1.165) is 20.1 Å². The second-order valence-corrected chi connectivity index (χ2v) is 31.8. The van der Waals surface area contributed by atoms with E-state index >= 15 is 4.79 Å². The Bertz CT molecular complexity index is 2990. The van der Waals surface area contributed by atoms with Crippen molar-refractivity contribution in [2.24, 2.45) is 56.7 Å². The van der Waals surface area contributed by atoms with E-state index in [0.29, 0.717) is 51.4 Å². The lowest BCUT2D eigenvalue weighted by atomic mass is 9.34. The lowest BCUT2D eigenvalue weighted by Crippen LogP contribution is -2.67. The quantitative estimate of drug-likeness (QED) is 0.0217. The molecular weight excluding hydrogens is 1340 g/mol. The molecule has 7 unspecified atom stereocenters. The van der Waals surface area contributed by atoms with Crippen molar-refractivity contribution in [1.82, 2.24) is 0 Å². The van der Waals surface area contributed by atoms with Gasteiger partial charge in [0.05, 0.1) is 42.9 Å². The fraction of sp³-hybridized carbons (Fsp3) is 0.897. The number of aliphatic hydroxyl groups excluding tert-OH is 13. The molecule has 0 aromatic heterocycles. The van der Waals surface area contributed by atoms with E-state index in [1.54, 1.807) is 6.92 Å². The Morgan fingerprint density at radius 2 is 1.14 bits per heavy atom. The van der Waals surface area contributed by atoms with E-state index in [1.807, 2.05) is 0 Å². The molecule has 11 aliphatic rings. The lowest BCUT2D eigenvalue weighted by molar-refractivity contribution is -0.382. The molecule has 4 saturated carbocycles. The van der Waals surface area contributed by atoms with Crippen LogP contribution in [0, 0.1) is 56.7 Å². The second kappa shape index (κ2) is 29.8. The largest absolute Gasteiger partial charge is 0.479 e. The lowest BCUT2D eigenvalue weighted by Gasteiger charge is -2.70. The van der Waals surface area contributed by atoms with Gasteiger partial charge >= 0.3 is 23.9 Å². The number of carbonyl (C=O) groups excluding carboxylic acids is 4. The molecule has 0 radical (unpaired) electrons.